The van der Waals surface area contributed by atoms with E-state index in [1.807, 2.05) is 6.92 Å². The van der Waals surface area contributed by atoms with E-state index in [0.717, 1.165) is 32.1 Å². The maximum Gasteiger partial charge on any atom is 0.243 e. The van der Waals surface area contributed by atoms with Gasteiger partial charge in [0.15, 0.2) is 0 Å². The van der Waals surface area contributed by atoms with Crippen LogP contribution < -0.4 is 4.72 Å². The third-order valence-corrected chi connectivity index (χ3v) is 8.13. The highest BCUT2D eigenvalue weighted by atomic mass is 32.2. The molecule has 1 unspecified atom stereocenters. The van der Waals surface area contributed by atoms with Crippen LogP contribution in [0.4, 0.5) is 0 Å². The molecule has 1 aliphatic rings. The Labute approximate surface area is 158 Å². The fourth-order valence-corrected chi connectivity index (χ4v) is 5.89. The van der Waals surface area contributed by atoms with Gasteiger partial charge in [0.25, 0.3) is 0 Å². The minimum Gasteiger partial charge on any atom is -0.208 e. The fourth-order valence-electron chi connectivity index (χ4n) is 3.09. The Kier molecular flexibility index (Phi) is 7.24. The maximum absolute atomic E-state index is 12.5. The zero-order valence-corrected chi connectivity index (χ0v) is 17.4. The predicted molar refractivity (Wildman–Crippen MR) is 103 cm³/mol. The first-order valence-electron chi connectivity index (χ1n) is 9.25. The number of rotatable bonds is 9. The molecule has 0 saturated carbocycles. The van der Waals surface area contributed by atoms with E-state index in [9.17, 15) is 16.8 Å². The largest absolute Gasteiger partial charge is 0.243 e. The molecule has 0 radical (unpaired) electrons. The first kappa shape index (κ1) is 21.3. The van der Waals surface area contributed by atoms with E-state index in [0.29, 0.717) is 19.0 Å². The molecule has 0 spiro atoms. The van der Waals surface area contributed by atoms with Crippen molar-refractivity contribution in [3.05, 3.63) is 24.3 Å². The third kappa shape index (κ3) is 5.52. The van der Waals surface area contributed by atoms with E-state index < -0.39 is 20.0 Å². The molecule has 1 aliphatic heterocycles. The number of nitrogens with one attached hydrogen (secondary N) is 1. The highest BCUT2D eigenvalue weighted by Crippen LogP contribution is 2.22. The van der Waals surface area contributed by atoms with Gasteiger partial charge in [-0.15, -0.1) is 0 Å². The summed E-state index contributed by atoms with van der Waals surface area (Å²) in [5.41, 5.74) is 0. The second-order valence-corrected chi connectivity index (χ2v) is 11.1. The zero-order valence-electron chi connectivity index (χ0n) is 15.8. The molecular formula is C18H30N2O4S2. The Morgan fingerprint density at radius 2 is 1.46 bits per heavy atom. The molecule has 1 N–H and O–H groups in total. The van der Waals surface area contributed by atoms with Gasteiger partial charge < -0.3 is 0 Å². The molecule has 8 heteroatoms. The lowest BCUT2D eigenvalue weighted by molar-refractivity contribution is 0.477. The van der Waals surface area contributed by atoms with Crippen LogP contribution in [0.3, 0.4) is 0 Å². The summed E-state index contributed by atoms with van der Waals surface area (Å²) in [6.07, 6.45) is 4.54. The Balaban J connectivity index is 2.04. The minimum atomic E-state index is -3.65. The van der Waals surface area contributed by atoms with Gasteiger partial charge in [-0.1, -0.05) is 26.7 Å². The topological polar surface area (TPSA) is 83.5 Å². The van der Waals surface area contributed by atoms with E-state index in [2.05, 4.69) is 18.6 Å². The molecule has 26 heavy (non-hydrogen) atoms. The van der Waals surface area contributed by atoms with Gasteiger partial charge in [-0.2, -0.15) is 4.31 Å². The minimum absolute atomic E-state index is 0.0913. The van der Waals surface area contributed by atoms with Crippen molar-refractivity contribution < 1.29 is 16.8 Å². The zero-order chi connectivity index (χ0) is 19.4. The van der Waals surface area contributed by atoms with E-state index in [1.54, 1.807) is 0 Å². The van der Waals surface area contributed by atoms with Gasteiger partial charge in [-0.3, -0.25) is 0 Å². The number of nitrogens with zero attached hydrogens (tertiary/aromatic N) is 1. The molecule has 1 saturated heterocycles. The first-order valence-corrected chi connectivity index (χ1v) is 12.2. The van der Waals surface area contributed by atoms with Crippen LogP contribution in [-0.4, -0.2) is 40.3 Å². The highest BCUT2D eigenvalue weighted by molar-refractivity contribution is 7.89. The number of benzene rings is 1. The summed E-state index contributed by atoms with van der Waals surface area (Å²) >= 11 is 0. The number of sulfonamides is 2. The summed E-state index contributed by atoms with van der Waals surface area (Å²) in [6.45, 7) is 7.19. The van der Waals surface area contributed by atoms with Gasteiger partial charge in [0.2, 0.25) is 20.0 Å². The lowest BCUT2D eigenvalue weighted by Crippen LogP contribution is -2.32. The second-order valence-electron chi connectivity index (χ2n) is 7.43. The normalized spacial score (nSPS) is 17.7. The molecule has 0 aromatic heterocycles. The van der Waals surface area contributed by atoms with Crippen LogP contribution in [0.25, 0.3) is 0 Å². The molecule has 0 aliphatic carbocycles. The van der Waals surface area contributed by atoms with Crippen LogP contribution >= 0.6 is 0 Å². The van der Waals surface area contributed by atoms with Gasteiger partial charge in [-0.05, 0) is 56.4 Å². The van der Waals surface area contributed by atoms with Gasteiger partial charge >= 0.3 is 0 Å². The van der Waals surface area contributed by atoms with Crippen LogP contribution in [-0.2, 0) is 20.0 Å². The maximum atomic E-state index is 12.5. The Hall–Kier alpha value is -0.960. The lowest BCUT2D eigenvalue weighted by Gasteiger charge is -2.17. The SMILES string of the molecule is CC(C)CCCC(C)NS(=O)(=O)c1ccc(S(=O)(=O)N2CCCC2)cc1. The summed E-state index contributed by atoms with van der Waals surface area (Å²) in [5.74, 6) is 0.601. The van der Waals surface area contributed by atoms with E-state index in [4.69, 9.17) is 0 Å². The summed E-state index contributed by atoms with van der Waals surface area (Å²) in [5, 5.41) is 0. The Morgan fingerprint density at radius 3 is 2.00 bits per heavy atom. The van der Waals surface area contributed by atoms with Gasteiger partial charge in [-0.25, -0.2) is 21.6 Å². The van der Waals surface area contributed by atoms with E-state index in [1.165, 1.54) is 28.6 Å². The van der Waals surface area contributed by atoms with Crippen LogP contribution in [0.15, 0.2) is 34.1 Å². The van der Waals surface area contributed by atoms with Crippen molar-refractivity contribution in [2.24, 2.45) is 5.92 Å². The predicted octanol–water partition coefficient (Wildman–Crippen LogP) is 2.96. The second kappa shape index (κ2) is 8.82. The Bertz CT molecular complexity index is 781. The first-order chi connectivity index (χ1) is 12.1. The average molecular weight is 403 g/mol. The van der Waals surface area contributed by atoms with Gasteiger partial charge in [0.05, 0.1) is 9.79 Å². The average Bonchev–Trinajstić information content (AvgIpc) is 3.09. The summed E-state index contributed by atoms with van der Waals surface area (Å²) in [4.78, 5) is 0.233. The highest BCUT2D eigenvalue weighted by Gasteiger charge is 2.27. The summed E-state index contributed by atoms with van der Waals surface area (Å²) < 4.78 is 54.1. The van der Waals surface area contributed by atoms with Crippen molar-refractivity contribution in [3.63, 3.8) is 0 Å². The van der Waals surface area contributed by atoms with Crippen molar-refractivity contribution in [1.82, 2.24) is 9.03 Å². The molecule has 0 bridgehead atoms. The summed E-state index contributed by atoms with van der Waals surface area (Å²) in [7, 11) is -7.18. The lowest BCUT2D eigenvalue weighted by atomic mass is 10.0. The number of hydrogen-bond acceptors (Lipinski definition) is 4. The fraction of sp³-hybridized carbons (Fsp3) is 0.667. The quantitative estimate of drug-likeness (QED) is 0.688. The molecule has 1 atom stereocenters. The van der Waals surface area contributed by atoms with Crippen molar-refractivity contribution in [3.8, 4) is 0 Å². The molecule has 1 heterocycles. The smallest absolute Gasteiger partial charge is 0.208 e. The van der Waals surface area contributed by atoms with Crippen molar-refractivity contribution in [1.29, 1.82) is 0 Å². The van der Waals surface area contributed by atoms with Crippen LogP contribution in [0.5, 0.6) is 0 Å². The monoisotopic (exact) mass is 402 g/mol. The van der Waals surface area contributed by atoms with Gasteiger partial charge in [0.1, 0.15) is 0 Å². The van der Waals surface area contributed by atoms with Crippen LogP contribution in [0, 0.1) is 5.92 Å². The van der Waals surface area contributed by atoms with Crippen molar-refractivity contribution in [2.45, 2.75) is 68.7 Å². The van der Waals surface area contributed by atoms with E-state index >= 15 is 0 Å². The van der Waals surface area contributed by atoms with Gasteiger partial charge in [0, 0.05) is 19.1 Å². The molecule has 6 nitrogen and oxygen atoms in total. The standard InChI is InChI=1S/C18H30N2O4S2/c1-15(2)7-6-8-16(3)19-25(21,22)17-9-11-18(12-10-17)26(23,24)20-13-4-5-14-20/h9-12,15-16,19H,4-8,13-14H2,1-3H3. The van der Waals surface area contributed by atoms with Crippen LogP contribution in [0.1, 0.15) is 52.9 Å². The van der Waals surface area contributed by atoms with Crippen molar-refractivity contribution >= 4 is 20.0 Å². The third-order valence-electron chi connectivity index (χ3n) is 4.61. The molecular weight excluding hydrogens is 372 g/mol. The van der Waals surface area contributed by atoms with Crippen molar-refractivity contribution in [2.75, 3.05) is 13.1 Å². The molecule has 1 aromatic carbocycles. The summed E-state index contributed by atoms with van der Waals surface area (Å²) in [6, 6.07) is 5.34. The molecule has 148 valence electrons. The molecule has 0 amide bonds. The van der Waals surface area contributed by atoms with E-state index in [-0.39, 0.29) is 15.8 Å². The Morgan fingerprint density at radius 1 is 0.923 bits per heavy atom. The number of hydrogen-bond donors (Lipinski definition) is 1. The van der Waals surface area contributed by atoms with Crippen LogP contribution in [0.2, 0.25) is 0 Å². The molecule has 2 rings (SSSR count). The molecule has 1 aromatic rings. The molecule has 1 fully saturated rings.